The first-order chi connectivity index (χ1) is 7.16. The number of esters is 1. The lowest BCUT2D eigenvalue weighted by Gasteiger charge is -2.06. The van der Waals surface area contributed by atoms with Crippen molar-refractivity contribution in [3.8, 4) is 0 Å². The summed E-state index contributed by atoms with van der Waals surface area (Å²) in [6.07, 6.45) is 2.31. The number of nitrogen functional groups attached to an aromatic ring is 2. The van der Waals surface area contributed by atoms with E-state index >= 15 is 0 Å². The third-order valence-corrected chi connectivity index (χ3v) is 2.44. The van der Waals surface area contributed by atoms with Gasteiger partial charge in [0.1, 0.15) is 0 Å². The van der Waals surface area contributed by atoms with Gasteiger partial charge in [-0.05, 0) is 37.0 Å². The van der Waals surface area contributed by atoms with Crippen molar-refractivity contribution in [1.82, 2.24) is 0 Å². The number of nitrogens with two attached hydrogens (primary N) is 2. The Labute approximate surface area is 88.2 Å². The summed E-state index contributed by atoms with van der Waals surface area (Å²) in [7, 11) is 0. The predicted molar refractivity (Wildman–Crippen MR) is 58.3 cm³/mol. The largest absolute Gasteiger partial charge is 0.462 e. The molecular formula is C11H14N2O2. The summed E-state index contributed by atoms with van der Waals surface area (Å²) in [6, 6.07) is 4.80. The molecule has 2 rings (SSSR count). The second kappa shape index (κ2) is 3.81. The van der Waals surface area contributed by atoms with Crippen molar-refractivity contribution in [3.63, 3.8) is 0 Å². The summed E-state index contributed by atoms with van der Waals surface area (Å²) in [5.41, 5.74) is 12.5. The van der Waals surface area contributed by atoms with Crippen LogP contribution in [-0.2, 0) is 4.74 Å². The summed E-state index contributed by atoms with van der Waals surface area (Å²) < 4.78 is 5.11. The summed E-state index contributed by atoms with van der Waals surface area (Å²) in [5.74, 6) is 0.198. The molecule has 15 heavy (non-hydrogen) atoms. The third-order valence-electron chi connectivity index (χ3n) is 2.44. The number of ether oxygens (including phenoxy) is 1. The molecule has 0 radical (unpaired) electrons. The van der Waals surface area contributed by atoms with Gasteiger partial charge in [0, 0.05) is 11.4 Å². The first kappa shape index (κ1) is 9.83. The second-order valence-corrected chi connectivity index (χ2v) is 3.89. The van der Waals surface area contributed by atoms with E-state index in [2.05, 4.69) is 0 Å². The van der Waals surface area contributed by atoms with E-state index < -0.39 is 0 Å². The molecule has 1 aromatic rings. The van der Waals surface area contributed by atoms with Gasteiger partial charge in [0.25, 0.3) is 0 Å². The molecule has 0 unspecified atom stereocenters. The van der Waals surface area contributed by atoms with Crippen molar-refractivity contribution in [2.75, 3.05) is 18.1 Å². The minimum absolute atomic E-state index is 0.362. The molecule has 0 bridgehead atoms. The standard InChI is InChI=1S/C11H14N2O2/c12-8-3-4-9(10(13)5-8)11(14)15-6-7-1-2-7/h3-5,7H,1-2,6,12-13H2. The van der Waals surface area contributed by atoms with Crippen LogP contribution in [0.1, 0.15) is 23.2 Å². The van der Waals surface area contributed by atoms with Crippen LogP contribution in [0.25, 0.3) is 0 Å². The highest BCUT2D eigenvalue weighted by atomic mass is 16.5. The van der Waals surface area contributed by atoms with Crippen LogP contribution in [0.2, 0.25) is 0 Å². The lowest BCUT2D eigenvalue weighted by atomic mass is 10.1. The predicted octanol–water partition coefficient (Wildman–Crippen LogP) is 1.42. The number of hydrogen-bond acceptors (Lipinski definition) is 4. The second-order valence-electron chi connectivity index (χ2n) is 3.89. The monoisotopic (exact) mass is 206 g/mol. The van der Waals surface area contributed by atoms with Crippen LogP contribution in [0.5, 0.6) is 0 Å². The molecule has 0 amide bonds. The minimum Gasteiger partial charge on any atom is -0.462 e. The maximum absolute atomic E-state index is 11.6. The van der Waals surface area contributed by atoms with Gasteiger partial charge in [-0.2, -0.15) is 0 Å². The first-order valence-electron chi connectivity index (χ1n) is 4.99. The maximum atomic E-state index is 11.6. The Balaban J connectivity index is 2.03. The summed E-state index contributed by atoms with van der Waals surface area (Å²) in [5, 5.41) is 0. The van der Waals surface area contributed by atoms with E-state index in [0.717, 1.165) is 12.8 Å². The van der Waals surface area contributed by atoms with Crippen molar-refractivity contribution in [3.05, 3.63) is 23.8 Å². The number of benzene rings is 1. The van der Waals surface area contributed by atoms with Gasteiger partial charge < -0.3 is 16.2 Å². The van der Waals surface area contributed by atoms with E-state index in [0.29, 0.717) is 29.5 Å². The molecule has 4 heteroatoms. The molecule has 0 saturated heterocycles. The Morgan fingerprint density at radius 3 is 2.73 bits per heavy atom. The van der Waals surface area contributed by atoms with Gasteiger partial charge in [-0.3, -0.25) is 0 Å². The van der Waals surface area contributed by atoms with Gasteiger partial charge in [-0.1, -0.05) is 0 Å². The smallest absolute Gasteiger partial charge is 0.340 e. The molecule has 4 nitrogen and oxygen atoms in total. The van der Waals surface area contributed by atoms with Crippen LogP contribution >= 0.6 is 0 Å². The number of carbonyl (C=O) groups excluding carboxylic acids is 1. The Morgan fingerprint density at radius 1 is 1.40 bits per heavy atom. The number of hydrogen-bond donors (Lipinski definition) is 2. The maximum Gasteiger partial charge on any atom is 0.340 e. The van der Waals surface area contributed by atoms with Gasteiger partial charge in [-0.15, -0.1) is 0 Å². The molecule has 0 heterocycles. The highest BCUT2D eigenvalue weighted by molar-refractivity contribution is 5.95. The summed E-state index contributed by atoms with van der Waals surface area (Å²) >= 11 is 0. The fourth-order valence-electron chi connectivity index (χ4n) is 1.32. The van der Waals surface area contributed by atoms with Crippen LogP contribution < -0.4 is 11.5 Å². The fraction of sp³-hybridized carbons (Fsp3) is 0.364. The molecule has 0 atom stereocenters. The summed E-state index contributed by atoms with van der Waals surface area (Å²) in [4.78, 5) is 11.6. The van der Waals surface area contributed by atoms with E-state index in [1.165, 1.54) is 0 Å². The van der Waals surface area contributed by atoms with E-state index in [-0.39, 0.29) is 5.97 Å². The molecule has 0 aromatic heterocycles. The molecule has 4 N–H and O–H groups in total. The number of carbonyl (C=O) groups is 1. The molecular weight excluding hydrogens is 192 g/mol. The van der Waals surface area contributed by atoms with Gasteiger partial charge in [0.15, 0.2) is 0 Å². The number of rotatable bonds is 3. The lowest BCUT2D eigenvalue weighted by Crippen LogP contribution is -2.10. The highest BCUT2D eigenvalue weighted by Gasteiger charge is 2.23. The van der Waals surface area contributed by atoms with Crippen molar-refractivity contribution in [2.45, 2.75) is 12.8 Å². The van der Waals surface area contributed by atoms with Crippen molar-refractivity contribution in [1.29, 1.82) is 0 Å². The molecule has 0 spiro atoms. The van der Waals surface area contributed by atoms with Gasteiger partial charge in [0.05, 0.1) is 12.2 Å². The molecule has 1 aliphatic carbocycles. The quantitative estimate of drug-likeness (QED) is 0.579. The fourth-order valence-corrected chi connectivity index (χ4v) is 1.32. The van der Waals surface area contributed by atoms with Crippen LogP contribution in [0.15, 0.2) is 18.2 Å². The molecule has 1 aromatic carbocycles. The van der Waals surface area contributed by atoms with Crippen LogP contribution in [0.3, 0.4) is 0 Å². The van der Waals surface area contributed by atoms with Crippen LogP contribution in [0.4, 0.5) is 11.4 Å². The van der Waals surface area contributed by atoms with Gasteiger partial charge >= 0.3 is 5.97 Å². The van der Waals surface area contributed by atoms with E-state index in [9.17, 15) is 4.79 Å². The highest BCUT2D eigenvalue weighted by Crippen LogP contribution is 2.29. The van der Waals surface area contributed by atoms with Crippen molar-refractivity contribution in [2.24, 2.45) is 5.92 Å². The number of anilines is 2. The lowest BCUT2D eigenvalue weighted by molar-refractivity contribution is 0.0487. The topological polar surface area (TPSA) is 78.3 Å². The zero-order valence-corrected chi connectivity index (χ0v) is 8.40. The molecule has 1 saturated carbocycles. The Morgan fingerprint density at radius 2 is 2.13 bits per heavy atom. The van der Waals surface area contributed by atoms with Crippen LogP contribution in [0, 0.1) is 5.92 Å². The first-order valence-corrected chi connectivity index (χ1v) is 4.99. The normalized spacial score (nSPS) is 14.9. The zero-order valence-electron chi connectivity index (χ0n) is 8.40. The van der Waals surface area contributed by atoms with E-state index in [1.807, 2.05) is 0 Å². The molecule has 1 fully saturated rings. The minimum atomic E-state index is -0.362. The Hall–Kier alpha value is -1.71. The van der Waals surface area contributed by atoms with E-state index in [1.54, 1.807) is 18.2 Å². The Bertz CT molecular complexity index is 386. The molecule has 0 aliphatic heterocycles. The van der Waals surface area contributed by atoms with Gasteiger partial charge in [0.2, 0.25) is 0 Å². The average Bonchev–Trinajstić information content (AvgIpc) is 2.97. The van der Waals surface area contributed by atoms with E-state index in [4.69, 9.17) is 16.2 Å². The average molecular weight is 206 g/mol. The molecule has 1 aliphatic rings. The zero-order chi connectivity index (χ0) is 10.8. The molecule has 80 valence electrons. The summed E-state index contributed by atoms with van der Waals surface area (Å²) in [6.45, 7) is 0.503. The Kier molecular flexibility index (Phi) is 2.49. The van der Waals surface area contributed by atoms with Crippen molar-refractivity contribution < 1.29 is 9.53 Å². The SMILES string of the molecule is Nc1ccc(C(=O)OCC2CC2)c(N)c1. The van der Waals surface area contributed by atoms with Crippen LogP contribution in [-0.4, -0.2) is 12.6 Å². The third kappa shape index (κ3) is 2.40. The van der Waals surface area contributed by atoms with Crippen molar-refractivity contribution >= 4 is 17.3 Å². The van der Waals surface area contributed by atoms with Gasteiger partial charge in [-0.25, -0.2) is 4.79 Å².